The molecular weight excluding hydrogens is 328 g/mol. The number of urea groups is 1. The van der Waals surface area contributed by atoms with Gasteiger partial charge in [-0.05, 0) is 26.0 Å². The molecule has 1 heterocycles. The van der Waals surface area contributed by atoms with E-state index in [2.05, 4.69) is 10.6 Å². The molecule has 1 atom stereocenters. The molecule has 0 saturated heterocycles. The van der Waals surface area contributed by atoms with E-state index in [0.29, 0.717) is 17.0 Å². The number of hydrogen-bond acceptors (Lipinski definition) is 5. The van der Waals surface area contributed by atoms with Crippen LogP contribution >= 0.6 is 11.3 Å². The number of hydrogen-bond donors (Lipinski definition) is 2. The van der Waals surface area contributed by atoms with E-state index in [1.54, 1.807) is 49.4 Å². The minimum Gasteiger partial charge on any atom is -0.443 e. The minimum atomic E-state index is -1.20. The molecule has 2 N–H and O–H groups in total. The number of carbonyl (C=O) groups is 3. The van der Waals surface area contributed by atoms with Crippen molar-refractivity contribution in [3.05, 3.63) is 57.8 Å². The van der Waals surface area contributed by atoms with Crippen molar-refractivity contribution >= 4 is 29.2 Å². The molecule has 6 nitrogen and oxygen atoms in total. The molecule has 0 fully saturated rings. The first-order chi connectivity index (χ1) is 11.5. The highest BCUT2D eigenvalue weighted by molar-refractivity contribution is 7.13. The van der Waals surface area contributed by atoms with Gasteiger partial charge in [-0.1, -0.05) is 30.3 Å². The molecule has 7 heteroatoms. The van der Waals surface area contributed by atoms with E-state index in [-0.39, 0.29) is 0 Å². The number of rotatable bonds is 5. The maximum Gasteiger partial charge on any atom is 0.349 e. The molecule has 2 rings (SSSR count). The molecular formula is C17H18N2O4S. The molecule has 1 aromatic carbocycles. The Bertz CT molecular complexity index is 727. The van der Waals surface area contributed by atoms with Gasteiger partial charge in [0.25, 0.3) is 5.91 Å². The third-order valence-corrected chi connectivity index (χ3v) is 4.06. The van der Waals surface area contributed by atoms with Gasteiger partial charge in [0.2, 0.25) is 6.10 Å². The normalized spacial score (nSPS) is 11.4. The second-order valence-electron chi connectivity index (χ2n) is 4.96. The standard InChI is InChI=1S/C17H18N2O4S/c1-3-18-17(22)19-15(20)14(12-7-5-4-6-8-12)23-16(21)13-10-9-11(2)24-13/h4-10,14H,3H2,1-2H3,(H2,18,19,20,22)/t14-/m0/s1. The van der Waals surface area contributed by atoms with Crippen LogP contribution in [-0.2, 0) is 9.53 Å². The van der Waals surface area contributed by atoms with Gasteiger partial charge in [0, 0.05) is 17.0 Å². The first kappa shape index (κ1) is 17.7. The van der Waals surface area contributed by atoms with Crippen LogP contribution in [0.3, 0.4) is 0 Å². The van der Waals surface area contributed by atoms with Gasteiger partial charge in [-0.15, -0.1) is 11.3 Å². The van der Waals surface area contributed by atoms with E-state index in [1.165, 1.54) is 11.3 Å². The van der Waals surface area contributed by atoms with Crippen molar-refractivity contribution in [1.82, 2.24) is 10.6 Å². The predicted molar refractivity (Wildman–Crippen MR) is 90.9 cm³/mol. The van der Waals surface area contributed by atoms with E-state index in [9.17, 15) is 14.4 Å². The van der Waals surface area contributed by atoms with Crippen molar-refractivity contribution < 1.29 is 19.1 Å². The van der Waals surface area contributed by atoms with Gasteiger partial charge in [0.05, 0.1) is 0 Å². The molecule has 0 saturated carbocycles. The molecule has 0 aliphatic heterocycles. The highest BCUT2D eigenvalue weighted by Crippen LogP contribution is 2.22. The Morgan fingerprint density at radius 3 is 2.42 bits per heavy atom. The molecule has 3 amide bonds. The Kier molecular flexibility index (Phi) is 6.08. The highest BCUT2D eigenvalue weighted by atomic mass is 32.1. The zero-order chi connectivity index (χ0) is 17.5. The van der Waals surface area contributed by atoms with Crippen LogP contribution in [-0.4, -0.2) is 24.5 Å². The summed E-state index contributed by atoms with van der Waals surface area (Å²) in [4.78, 5) is 37.6. The van der Waals surface area contributed by atoms with Crippen LogP contribution in [0.15, 0.2) is 42.5 Å². The van der Waals surface area contributed by atoms with Gasteiger partial charge in [-0.2, -0.15) is 0 Å². The van der Waals surface area contributed by atoms with Gasteiger partial charge in [-0.3, -0.25) is 10.1 Å². The third kappa shape index (κ3) is 4.66. The SMILES string of the molecule is CCNC(=O)NC(=O)[C@@H](OC(=O)c1ccc(C)s1)c1ccccc1. The minimum absolute atomic E-state index is 0.378. The summed E-state index contributed by atoms with van der Waals surface area (Å²) >= 11 is 1.28. The first-order valence-electron chi connectivity index (χ1n) is 7.42. The molecule has 24 heavy (non-hydrogen) atoms. The smallest absolute Gasteiger partial charge is 0.349 e. The second kappa shape index (κ2) is 8.26. The quantitative estimate of drug-likeness (QED) is 0.815. The molecule has 0 bridgehead atoms. The number of imide groups is 1. The number of ether oxygens (including phenoxy) is 1. The van der Waals surface area contributed by atoms with Gasteiger partial charge >= 0.3 is 12.0 Å². The van der Waals surface area contributed by atoms with Gasteiger partial charge in [-0.25, -0.2) is 9.59 Å². The predicted octanol–water partition coefficient (Wildman–Crippen LogP) is 2.80. The number of amides is 3. The van der Waals surface area contributed by atoms with E-state index in [4.69, 9.17) is 4.74 Å². The summed E-state index contributed by atoms with van der Waals surface area (Å²) in [5.74, 6) is -1.30. The summed E-state index contributed by atoms with van der Waals surface area (Å²) in [7, 11) is 0. The average molecular weight is 346 g/mol. The van der Waals surface area contributed by atoms with Crippen molar-refractivity contribution in [2.75, 3.05) is 6.54 Å². The van der Waals surface area contributed by atoms with E-state index < -0.39 is 24.0 Å². The van der Waals surface area contributed by atoms with E-state index in [0.717, 1.165) is 4.88 Å². The lowest BCUT2D eigenvalue weighted by Crippen LogP contribution is -2.42. The Balaban J connectivity index is 2.18. The van der Waals surface area contributed by atoms with Gasteiger partial charge in [0.1, 0.15) is 4.88 Å². The van der Waals surface area contributed by atoms with Crippen LogP contribution in [0.4, 0.5) is 4.79 Å². The first-order valence-corrected chi connectivity index (χ1v) is 8.24. The van der Waals surface area contributed by atoms with Crippen LogP contribution in [0.1, 0.15) is 33.1 Å². The topological polar surface area (TPSA) is 84.5 Å². The van der Waals surface area contributed by atoms with E-state index in [1.807, 2.05) is 6.92 Å². The lowest BCUT2D eigenvalue weighted by molar-refractivity contribution is -0.129. The summed E-state index contributed by atoms with van der Waals surface area (Å²) in [5.41, 5.74) is 0.487. The van der Waals surface area contributed by atoms with Crippen molar-refractivity contribution in [3.8, 4) is 0 Å². The van der Waals surface area contributed by atoms with Crippen molar-refractivity contribution in [1.29, 1.82) is 0 Å². The molecule has 0 unspecified atom stereocenters. The monoisotopic (exact) mass is 346 g/mol. The second-order valence-corrected chi connectivity index (χ2v) is 6.24. The fourth-order valence-corrected chi connectivity index (χ4v) is 2.74. The molecule has 0 spiro atoms. The number of carbonyl (C=O) groups excluding carboxylic acids is 3. The van der Waals surface area contributed by atoms with Crippen molar-refractivity contribution in [3.63, 3.8) is 0 Å². The van der Waals surface area contributed by atoms with Crippen LogP contribution in [0.2, 0.25) is 0 Å². The largest absolute Gasteiger partial charge is 0.443 e. The molecule has 1 aromatic heterocycles. The molecule has 2 aromatic rings. The van der Waals surface area contributed by atoms with Crippen molar-refractivity contribution in [2.24, 2.45) is 0 Å². The summed E-state index contributed by atoms with van der Waals surface area (Å²) in [6.45, 7) is 3.99. The zero-order valence-corrected chi connectivity index (χ0v) is 14.2. The van der Waals surface area contributed by atoms with Gasteiger partial charge in [0.15, 0.2) is 0 Å². The number of benzene rings is 1. The number of esters is 1. The zero-order valence-electron chi connectivity index (χ0n) is 13.4. The summed E-state index contributed by atoms with van der Waals surface area (Å²) in [6.07, 6.45) is -1.20. The highest BCUT2D eigenvalue weighted by Gasteiger charge is 2.27. The molecule has 126 valence electrons. The molecule has 0 radical (unpaired) electrons. The number of thiophene rings is 1. The van der Waals surface area contributed by atoms with Crippen LogP contribution in [0.25, 0.3) is 0 Å². The number of nitrogens with one attached hydrogen (secondary N) is 2. The Labute approximate surface area is 143 Å². The fourth-order valence-electron chi connectivity index (χ4n) is 1.99. The Morgan fingerprint density at radius 1 is 1.12 bits per heavy atom. The maximum absolute atomic E-state index is 12.4. The Hall–Kier alpha value is -2.67. The van der Waals surface area contributed by atoms with Crippen LogP contribution in [0, 0.1) is 6.92 Å². The third-order valence-electron chi connectivity index (χ3n) is 3.08. The molecule has 0 aliphatic carbocycles. The van der Waals surface area contributed by atoms with Crippen LogP contribution in [0.5, 0.6) is 0 Å². The molecule has 0 aliphatic rings. The lowest BCUT2D eigenvalue weighted by atomic mass is 10.1. The maximum atomic E-state index is 12.4. The average Bonchev–Trinajstić information content (AvgIpc) is 3.00. The summed E-state index contributed by atoms with van der Waals surface area (Å²) < 4.78 is 5.36. The summed E-state index contributed by atoms with van der Waals surface area (Å²) in [5, 5.41) is 4.64. The summed E-state index contributed by atoms with van der Waals surface area (Å²) in [6, 6.07) is 11.4. The Morgan fingerprint density at radius 2 is 1.83 bits per heavy atom. The van der Waals surface area contributed by atoms with Gasteiger partial charge < -0.3 is 10.1 Å². The number of aryl methyl sites for hydroxylation is 1. The van der Waals surface area contributed by atoms with E-state index >= 15 is 0 Å². The van der Waals surface area contributed by atoms with Crippen molar-refractivity contribution in [2.45, 2.75) is 20.0 Å². The van der Waals surface area contributed by atoms with Crippen LogP contribution < -0.4 is 10.6 Å². The fraction of sp³-hybridized carbons (Fsp3) is 0.235. The lowest BCUT2D eigenvalue weighted by Gasteiger charge is -2.17.